The van der Waals surface area contributed by atoms with Crippen LogP contribution in [-0.4, -0.2) is 108 Å². The first kappa shape index (κ1) is 54.3. The summed E-state index contributed by atoms with van der Waals surface area (Å²) in [6.07, 6.45) is 3.49. The van der Waals surface area contributed by atoms with Gasteiger partial charge in [-0.1, -0.05) is 63.6 Å². The Morgan fingerprint density at radius 2 is 1.53 bits per heavy atom. The predicted octanol–water partition coefficient (Wildman–Crippen LogP) is 9.36. The number of ether oxygens (including phenoxy) is 6. The van der Waals surface area contributed by atoms with Crippen LogP contribution in [0.4, 0.5) is 5.69 Å². The maximum atomic E-state index is 14.0. The average molecular weight is 996 g/mol. The van der Waals surface area contributed by atoms with Crippen LogP contribution in [0.3, 0.4) is 0 Å². The minimum Gasteiger partial charge on any atom is -0.494 e. The number of anilines is 1. The average Bonchev–Trinajstić information content (AvgIpc) is 3.88. The van der Waals surface area contributed by atoms with Gasteiger partial charge < -0.3 is 53.1 Å². The molecule has 3 aromatic carbocycles. The molecule has 1 fully saturated rings. The quantitative estimate of drug-likeness (QED) is 0.118. The van der Waals surface area contributed by atoms with Gasteiger partial charge in [0.25, 0.3) is 5.79 Å². The van der Waals surface area contributed by atoms with E-state index in [4.69, 9.17) is 37.8 Å². The van der Waals surface area contributed by atoms with Gasteiger partial charge in [-0.3, -0.25) is 14.5 Å². The summed E-state index contributed by atoms with van der Waals surface area (Å²) < 4.78 is 44.8. The molecular weight excluding hydrogens is 919 g/mol. The van der Waals surface area contributed by atoms with Crippen molar-refractivity contribution >= 4 is 45.1 Å². The molecule has 4 heterocycles. The molecule has 3 aliphatic rings. The highest BCUT2D eigenvalue weighted by Gasteiger charge is 2.51. The van der Waals surface area contributed by atoms with Gasteiger partial charge in [0.15, 0.2) is 17.4 Å². The van der Waals surface area contributed by atoms with Crippen LogP contribution in [0.2, 0.25) is 0 Å². The van der Waals surface area contributed by atoms with E-state index in [0.29, 0.717) is 69.0 Å². The van der Waals surface area contributed by atoms with Gasteiger partial charge in [-0.15, -0.1) is 0 Å². The number of nitrogens with zero attached hydrogens (tertiary/aromatic N) is 3. The third-order valence-electron chi connectivity index (χ3n) is 15.1. The van der Waals surface area contributed by atoms with Crippen molar-refractivity contribution in [2.75, 3.05) is 45.3 Å². The largest absolute Gasteiger partial charge is 0.494 e. The van der Waals surface area contributed by atoms with E-state index >= 15 is 0 Å². The first-order chi connectivity index (χ1) is 33.8. The summed E-state index contributed by atoms with van der Waals surface area (Å²) in [4.78, 5) is 36.5. The number of rotatable bonds is 7. The Bertz CT molecular complexity index is 2760. The van der Waals surface area contributed by atoms with E-state index in [-0.39, 0.29) is 11.5 Å². The number of piperazine rings is 1. The van der Waals surface area contributed by atoms with Gasteiger partial charge in [-0.2, -0.15) is 0 Å². The van der Waals surface area contributed by atoms with E-state index in [1.807, 2.05) is 39.0 Å². The number of aryl methyl sites for hydroxylation is 3. The van der Waals surface area contributed by atoms with Crippen LogP contribution in [0.5, 0.6) is 17.2 Å². The molecule has 10 unspecified atom stereocenters. The molecule has 10 atom stereocenters. The summed E-state index contributed by atoms with van der Waals surface area (Å²) in [6, 6.07) is 4.47. The Kier molecular flexibility index (Phi) is 16.0. The maximum absolute atomic E-state index is 14.0. The van der Waals surface area contributed by atoms with Gasteiger partial charge in [0, 0.05) is 99.4 Å². The number of allylic oxidation sites excluding steroid dienone is 3. The monoisotopic (exact) mass is 996 g/mol. The fourth-order valence-corrected chi connectivity index (χ4v) is 10.7. The van der Waals surface area contributed by atoms with Crippen molar-refractivity contribution in [1.29, 1.82) is 0 Å². The number of benzene rings is 3. The standard InChI is InChI=1S/C57H77N3O12/c1-29-26-32(4)39(33(5)27-29)28-59-21-23-60(24-22-59)45-44-51-42-41(52(45)67-16)43-50(37(9)49(42)71-55(65)56(11,12)13)72-57(14,53(43)64)68-25-20-40(66-15)34(6)48(69-38(10)61)36(8)47(63)35(7)46(62)30(2)18-17-19-31(3)54(58-44)70-51/h17-20,25-27,30,34-36,40,46-48,53,62-64H,21-24,28H2,1-16H3/b18-17+,25-20+,31-19?. The first-order valence-corrected chi connectivity index (χ1v) is 25.2. The Balaban J connectivity index is 1.46. The molecule has 1 aromatic heterocycles. The molecule has 0 amide bonds. The number of oxazole rings is 1. The highest BCUT2D eigenvalue weighted by atomic mass is 16.7. The number of methoxy groups -OCH3 is 2. The van der Waals surface area contributed by atoms with Crippen LogP contribution in [0.25, 0.3) is 27.4 Å². The molecule has 392 valence electrons. The Morgan fingerprint density at radius 3 is 2.12 bits per heavy atom. The van der Waals surface area contributed by atoms with Crippen LogP contribution in [0.1, 0.15) is 115 Å². The fraction of sp³-hybridized carbons (Fsp3) is 0.561. The van der Waals surface area contributed by atoms with Crippen LogP contribution >= 0.6 is 0 Å². The molecule has 6 bridgehead atoms. The smallest absolute Gasteiger partial charge is 0.316 e. The normalized spacial score (nSPS) is 28.6. The first-order valence-electron chi connectivity index (χ1n) is 25.2. The highest BCUT2D eigenvalue weighted by Crippen LogP contribution is 2.59. The Hall–Kier alpha value is -5.45. The lowest BCUT2D eigenvalue weighted by molar-refractivity contribution is -0.181. The second kappa shape index (κ2) is 21.2. The molecule has 0 radical (unpaired) electrons. The molecule has 15 nitrogen and oxygen atoms in total. The molecule has 15 heteroatoms. The zero-order valence-electron chi connectivity index (χ0n) is 45.1. The van der Waals surface area contributed by atoms with Crippen LogP contribution in [0.15, 0.2) is 47.1 Å². The number of aliphatic hydroxyl groups is 3. The fourth-order valence-electron chi connectivity index (χ4n) is 10.7. The summed E-state index contributed by atoms with van der Waals surface area (Å²) >= 11 is 0. The summed E-state index contributed by atoms with van der Waals surface area (Å²) in [6.45, 7) is 29.1. The Morgan fingerprint density at radius 1 is 0.875 bits per heavy atom. The second-order valence-electron chi connectivity index (χ2n) is 21.7. The lowest BCUT2D eigenvalue weighted by Gasteiger charge is -2.38. The Labute approximate surface area is 424 Å². The highest BCUT2D eigenvalue weighted by molar-refractivity contribution is 6.19. The van der Waals surface area contributed by atoms with Crippen molar-refractivity contribution < 1.29 is 57.7 Å². The zero-order chi connectivity index (χ0) is 52.9. The van der Waals surface area contributed by atoms with Gasteiger partial charge in [-0.25, -0.2) is 4.98 Å². The van der Waals surface area contributed by atoms with Gasteiger partial charge in [0.05, 0.1) is 42.5 Å². The summed E-state index contributed by atoms with van der Waals surface area (Å²) in [5.74, 6) is -3.91. The molecule has 0 spiro atoms. The van der Waals surface area contributed by atoms with Gasteiger partial charge in [-0.05, 0) is 78.2 Å². The van der Waals surface area contributed by atoms with Crippen LogP contribution in [-0.2, 0) is 30.3 Å². The van der Waals surface area contributed by atoms with E-state index in [1.165, 1.54) is 42.5 Å². The summed E-state index contributed by atoms with van der Waals surface area (Å²) in [7, 11) is 3.09. The minimum atomic E-state index is -1.75. The molecule has 7 rings (SSSR count). The summed E-state index contributed by atoms with van der Waals surface area (Å²) in [5, 5.41) is 36.9. The van der Waals surface area contributed by atoms with E-state index in [9.17, 15) is 24.9 Å². The maximum Gasteiger partial charge on any atom is 0.316 e. The van der Waals surface area contributed by atoms with Crippen LogP contribution < -0.4 is 19.1 Å². The van der Waals surface area contributed by atoms with Crippen molar-refractivity contribution in [2.24, 2.45) is 29.1 Å². The van der Waals surface area contributed by atoms with Crippen LogP contribution in [0, 0.1) is 56.8 Å². The number of aromatic nitrogens is 1. The lowest BCUT2D eigenvalue weighted by Crippen LogP contribution is -2.46. The van der Waals surface area contributed by atoms with Gasteiger partial charge in [0.2, 0.25) is 5.89 Å². The second-order valence-corrected chi connectivity index (χ2v) is 21.7. The molecule has 72 heavy (non-hydrogen) atoms. The molecule has 4 aromatic rings. The third kappa shape index (κ3) is 10.4. The van der Waals surface area contributed by atoms with E-state index in [0.717, 1.165) is 19.6 Å². The molecule has 3 N–H and O–H groups in total. The van der Waals surface area contributed by atoms with Crippen molar-refractivity contribution in [3.8, 4) is 17.2 Å². The van der Waals surface area contributed by atoms with Gasteiger partial charge in [0.1, 0.15) is 28.8 Å². The molecule has 0 aliphatic carbocycles. The SMILES string of the molecule is COc1c(N2CCN(Cc3c(C)cc(C)cc3C)CC2)c2nc3oc2c2c(OC(=O)C(C)(C)C)c(C)c4c(c12)C(O)C(C)(O/C=C/C(OC)C(C)C(OC(C)=O)C(C)C(O)C(C)C(O)C(C)/C=C/C=C3C)O4. The third-order valence-corrected chi connectivity index (χ3v) is 15.1. The number of aliphatic hydroxyl groups excluding tert-OH is 3. The van der Waals surface area contributed by atoms with E-state index in [1.54, 1.807) is 61.7 Å². The van der Waals surface area contributed by atoms with Crippen molar-refractivity contribution in [3.05, 3.63) is 82.0 Å². The number of fused-ring (bicyclic) bond motifs is 2. The molecule has 1 saturated heterocycles. The molecule has 0 saturated carbocycles. The number of hydrogen-bond acceptors (Lipinski definition) is 15. The van der Waals surface area contributed by atoms with E-state index in [2.05, 4.69) is 42.7 Å². The zero-order valence-corrected chi connectivity index (χ0v) is 45.1. The molecule has 3 aliphatic heterocycles. The lowest BCUT2D eigenvalue weighted by atomic mass is 9.78. The predicted molar refractivity (Wildman–Crippen MR) is 278 cm³/mol. The number of hydrogen-bond donors (Lipinski definition) is 3. The van der Waals surface area contributed by atoms with Gasteiger partial charge >= 0.3 is 11.9 Å². The topological polar surface area (TPSA) is 183 Å². The number of carbonyl (C=O) groups excluding carboxylic acids is 2. The molecular formula is C57H77N3O12. The number of esters is 2. The minimum absolute atomic E-state index is 0.163. The van der Waals surface area contributed by atoms with Crippen molar-refractivity contribution in [1.82, 2.24) is 9.88 Å². The number of carbonyl (C=O) groups is 2. The van der Waals surface area contributed by atoms with Crippen molar-refractivity contribution in [3.63, 3.8) is 0 Å². The van der Waals surface area contributed by atoms with E-state index < -0.39 is 77.3 Å². The summed E-state index contributed by atoms with van der Waals surface area (Å²) in [5.41, 5.74) is 7.05. The van der Waals surface area contributed by atoms with Crippen molar-refractivity contribution in [2.45, 2.75) is 140 Å².